The van der Waals surface area contributed by atoms with Gasteiger partial charge < -0.3 is 11.1 Å². The van der Waals surface area contributed by atoms with Gasteiger partial charge in [0, 0.05) is 19.7 Å². The van der Waals surface area contributed by atoms with E-state index in [-0.39, 0.29) is 11.3 Å². The van der Waals surface area contributed by atoms with Gasteiger partial charge in [0.1, 0.15) is 0 Å². The van der Waals surface area contributed by atoms with Crippen molar-refractivity contribution in [2.45, 2.75) is 39.7 Å². The molecule has 1 amide bonds. The largest absolute Gasteiger partial charge is 0.350 e. The first-order valence-electron chi connectivity index (χ1n) is 6.38. The highest BCUT2D eigenvalue weighted by molar-refractivity contribution is 5.75. The van der Waals surface area contributed by atoms with Crippen molar-refractivity contribution in [1.82, 2.24) is 15.1 Å². The Balaban J connectivity index is 2.26. The van der Waals surface area contributed by atoms with Crippen LogP contribution in [0.15, 0.2) is 12.3 Å². The summed E-state index contributed by atoms with van der Waals surface area (Å²) in [5, 5.41) is 7.09. The number of nitrogens with zero attached hydrogens (tertiary/aromatic N) is 2. The summed E-state index contributed by atoms with van der Waals surface area (Å²) >= 11 is 0. The van der Waals surface area contributed by atoms with Gasteiger partial charge in [0.15, 0.2) is 0 Å². The second-order valence-electron chi connectivity index (χ2n) is 5.46. The lowest BCUT2D eigenvalue weighted by molar-refractivity contribution is -0.121. The molecule has 3 N–H and O–H groups in total. The SMILES string of the molecule is Cn1ccc(CNC(=O)CCC(C)(C)CCN)n1. The molecular formula is C13H24N4O. The van der Waals surface area contributed by atoms with E-state index in [1.165, 1.54) is 0 Å². The number of nitrogens with two attached hydrogens (primary N) is 1. The maximum Gasteiger partial charge on any atom is 0.220 e. The molecule has 0 saturated carbocycles. The van der Waals surface area contributed by atoms with Crippen LogP contribution < -0.4 is 11.1 Å². The van der Waals surface area contributed by atoms with E-state index < -0.39 is 0 Å². The van der Waals surface area contributed by atoms with Crippen LogP contribution in [0.1, 0.15) is 38.8 Å². The average molecular weight is 252 g/mol. The third-order valence-electron chi connectivity index (χ3n) is 3.09. The van der Waals surface area contributed by atoms with E-state index in [1.54, 1.807) is 4.68 Å². The second-order valence-corrected chi connectivity index (χ2v) is 5.46. The zero-order valence-corrected chi connectivity index (χ0v) is 11.6. The van der Waals surface area contributed by atoms with Crippen LogP contribution in [0.5, 0.6) is 0 Å². The predicted molar refractivity (Wildman–Crippen MR) is 71.7 cm³/mol. The van der Waals surface area contributed by atoms with E-state index >= 15 is 0 Å². The highest BCUT2D eigenvalue weighted by Gasteiger charge is 2.18. The molecule has 0 bridgehead atoms. The lowest BCUT2D eigenvalue weighted by Crippen LogP contribution is -2.25. The van der Waals surface area contributed by atoms with Crippen molar-refractivity contribution in [1.29, 1.82) is 0 Å². The monoisotopic (exact) mass is 252 g/mol. The molecular weight excluding hydrogens is 228 g/mol. The maximum atomic E-state index is 11.7. The first-order chi connectivity index (χ1) is 8.43. The second kappa shape index (κ2) is 6.54. The topological polar surface area (TPSA) is 72.9 Å². The summed E-state index contributed by atoms with van der Waals surface area (Å²) in [5.41, 5.74) is 6.56. The van der Waals surface area contributed by atoms with Crippen LogP contribution in [-0.4, -0.2) is 22.2 Å². The van der Waals surface area contributed by atoms with Crippen LogP contribution in [0, 0.1) is 5.41 Å². The molecule has 1 rings (SSSR count). The third-order valence-corrected chi connectivity index (χ3v) is 3.09. The van der Waals surface area contributed by atoms with Gasteiger partial charge in [-0.15, -0.1) is 0 Å². The van der Waals surface area contributed by atoms with E-state index in [9.17, 15) is 4.79 Å². The van der Waals surface area contributed by atoms with Gasteiger partial charge in [0.05, 0.1) is 12.2 Å². The van der Waals surface area contributed by atoms with E-state index in [0.29, 0.717) is 19.5 Å². The van der Waals surface area contributed by atoms with E-state index in [0.717, 1.165) is 18.5 Å². The fourth-order valence-electron chi connectivity index (χ4n) is 1.80. The molecule has 1 heterocycles. The molecule has 18 heavy (non-hydrogen) atoms. The lowest BCUT2D eigenvalue weighted by Gasteiger charge is -2.23. The molecule has 0 radical (unpaired) electrons. The van der Waals surface area contributed by atoms with Crippen molar-refractivity contribution in [2.24, 2.45) is 18.2 Å². The van der Waals surface area contributed by atoms with Gasteiger partial charge in [0.2, 0.25) is 5.91 Å². The van der Waals surface area contributed by atoms with Gasteiger partial charge in [-0.1, -0.05) is 13.8 Å². The number of hydrogen-bond donors (Lipinski definition) is 2. The summed E-state index contributed by atoms with van der Waals surface area (Å²) < 4.78 is 1.73. The standard InChI is InChI=1S/C13H24N4O/c1-13(2,7-8-14)6-4-12(18)15-10-11-5-9-17(3)16-11/h5,9H,4,6-8,10,14H2,1-3H3,(H,15,18). The van der Waals surface area contributed by atoms with Gasteiger partial charge in [0.25, 0.3) is 0 Å². The van der Waals surface area contributed by atoms with Crippen molar-refractivity contribution in [3.63, 3.8) is 0 Å². The van der Waals surface area contributed by atoms with Crippen molar-refractivity contribution >= 4 is 5.91 Å². The number of nitrogens with one attached hydrogen (secondary N) is 1. The molecule has 0 aliphatic rings. The Hall–Kier alpha value is -1.36. The Bertz CT molecular complexity index is 384. The van der Waals surface area contributed by atoms with E-state index in [1.807, 2.05) is 19.3 Å². The zero-order valence-electron chi connectivity index (χ0n) is 11.6. The fourth-order valence-corrected chi connectivity index (χ4v) is 1.80. The zero-order chi connectivity index (χ0) is 13.6. The smallest absolute Gasteiger partial charge is 0.220 e. The maximum absolute atomic E-state index is 11.7. The van der Waals surface area contributed by atoms with Gasteiger partial charge >= 0.3 is 0 Å². The first-order valence-corrected chi connectivity index (χ1v) is 6.38. The van der Waals surface area contributed by atoms with Crippen molar-refractivity contribution < 1.29 is 4.79 Å². The van der Waals surface area contributed by atoms with Crippen molar-refractivity contribution in [3.05, 3.63) is 18.0 Å². The van der Waals surface area contributed by atoms with Crippen LogP contribution in [-0.2, 0) is 18.4 Å². The lowest BCUT2D eigenvalue weighted by atomic mass is 9.84. The third kappa shape index (κ3) is 5.31. The Morgan fingerprint density at radius 3 is 2.78 bits per heavy atom. The number of rotatable bonds is 7. The Morgan fingerprint density at radius 2 is 2.22 bits per heavy atom. The highest BCUT2D eigenvalue weighted by Crippen LogP contribution is 2.25. The summed E-state index contributed by atoms with van der Waals surface area (Å²) in [7, 11) is 1.86. The summed E-state index contributed by atoms with van der Waals surface area (Å²) in [6.07, 6.45) is 4.21. The fraction of sp³-hybridized carbons (Fsp3) is 0.692. The Labute approximate surface area is 109 Å². The number of aromatic nitrogens is 2. The summed E-state index contributed by atoms with van der Waals surface area (Å²) in [4.78, 5) is 11.7. The van der Waals surface area contributed by atoms with Crippen LogP contribution in [0.2, 0.25) is 0 Å². The minimum absolute atomic E-state index is 0.0748. The summed E-state index contributed by atoms with van der Waals surface area (Å²) in [6.45, 7) is 5.46. The number of amides is 1. The Kier molecular flexibility index (Phi) is 5.34. The van der Waals surface area contributed by atoms with Crippen molar-refractivity contribution in [2.75, 3.05) is 6.54 Å². The number of carbonyl (C=O) groups is 1. The summed E-state index contributed by atoms with van der Waals surface area (Å²) in [5.74, 6) is 0.0748. The van der Waals surface area contributed by atoms with Crippen LogP contribution in [0.4, 0.5) is 0 Å². The summed E-state index contributed by atoms with van der Waals surface area (Å²) in [6, 6.07) is 1.90. The normalized spacial score (nSPS) is 11.6. The molecule has 5 heteroatoms. The van der Waals surface area contributed by atoms with Gasteiger partial charge in [-0.25, -0.2) is 0 Å². The minimum atomic E-state index is 0.0748. The number of carbonyl (C=O) groups excluding carboxylic acids is 1. The quantitative estimate of drug-likeness (QED) is 0.765. The molecule has 1 aromatic heterocycles. The molecule has 0 saturated heterocycles. The van der Waals surface area contributed by atoms with Crippen LogP contribution in [0.25, 0.3) is 0 Å². The molecule has 0 aromatic carbocycles. The average Bonchev–Trinajstić information content (AvgIpc) is 2.70. The molecule has 0 aliphatic heterocycles. The molecule has 0 unspecified atom stereocenters. The minimum Gasteiger partial charge on any atom is -0.350 e. The first kappa shape index (κ1) is 14.7. The van der Waals surface area contributed by atoms with E-state index in [4.69, 9.17) is 5.73 Å². The highest BCUT2D eigenvalue weighted by atomic mass is 16.1. The molecule has 1 aromatic rings. The van der Waals surface area contributed by atoms with Gasteiger partial charge in [-0.2, -0.15) is 5.10 Å². The molecule has 0 fully saturated rings. The molecule has 0 atom stereocenters. The molecule has 102 valence electrons. The molecule has 5 nitrogen and oxygen atoms in total. The van der Waals surface area contributed by atoms with E-state index in [2.05, 4.69) is 24.3 Å². The Morgan fingerprint density at radius 1 is 1.50 bits per heavy atom. The van der Waals surface area contributed by atoms with Gasteiger partial charge in [-0.3, -0.25) is 9.48 Å². The van der Waals surface area contributed by atoms with Crippen LogP contribution in [0.3, 0.4) is 0 Å². The number of aryl methyl sites for hydroxylation is 1. The van der Waals surface area contributed by atoms with Gasteiger partial charge in [-0.05, 0) is 30.9 Å². The molecule has 0 aliphatic carbocycles. The number of hydrogen-bond acceptors (Lipinski definition) is 3. The van der Waals surface area contributed by atoms with Crippen LogP contribution >= 0.6 is 0 Å². The molecule has 0 spiro atoms. The van der Waals surface area contributed by atoms with Crippen molar-refractivity contribution in [3.8, 4) is 0 Å². The predicted octanol–water partition coefficient (Wildman–Crippen LogP) is 1.19.